The maximum absolute atomic E-state index is 13.1. The van der Waals surface area contributed by atoms with Gasteiger partial charge in [-0.3, -0.25) is 4.79 Å². The summed E-state index contributed by atoms with van der Waals surface area (Å²) in [5.74, 6) is -0.431. The summed E-state index contributed by atoms with van der Waals surface area (Å²) in [6.45, 7) is 0.00873. The van der Waals surface area contributed by atoms with Gasteiger partial charge < -0.3 is 4.74 Å². The second-order valence-corrected chi connectivity index (χ2v) is 9.03. The SMILES string of the molecule is O=C1COC(=O)N1C1CCN(S(=O)(=O)c2cccc(-c3ccc(Cl)cc3)c2)C1. The molecule has 0 spiro atoms. The van der Waals surface area contributed by atoms with Crippen molar-refractivity contribution in [1.29, 1.82) is 0 Å². The Kier molecular flexibility index (Phi) is 4.86. The van der Waals surface area contributed by atoms with Crippen LogP contribution in [-0.4, -0.2) is 55.4 Å². The number of hydrogen-bond acceptors (Lipinski definition) is 5. The predicted octanol–water partition coefficient (Wildman–Crippen LogP) is 2.75. The molecule has 2 fully saturated rings. The van der Waals surface area contributed by atoms with E-state index in [1.807, 2.05) is 18.2 Å². The van der Waals surface area contributed by atoms with Crippen molar-refractivity contribution < 1.29 is 22.7 Å². The van der Waals surface area contributed by atoms with Crippen LogP contribution in [0, 0.1) is 0 Å². The molecule has 1 unspecified atom stereocenters. The van der Waals surface area contributed by atoms with Gasteiger partial charge in [0.05, 0.1) is 10.9 Å². The number of cyclic esters (lactones) is 1. The van der Waals surface area contributed by atoms with Crippen LogP contribution < -0.4 is 0 Å². The number of nitrogens with zero attached hydrogens (tertiary/aromatic N) is 2. The zero-order chi connectivity index (χ0) is 19.9. The molecule has 146 valence electrons. The van der Waals surface area contributed by atoms with Crippen molar-refractivity contribution in [1.82, 2.24) is 9.21 Å². The molecule has 2 aliphatic heterocycles. The van der Waals surface area contributed by atoms with E-state index in [9.17, 15) is 18.0 Å². The summed E-state index contributed by atoms with van der Waals surface area (Å²) in [5.41, 5.74) is 1.61. The van der Waals surface area contributed by atoms with Gasteiger partial charge in [-0.05, 0) is 41.8 Å². The molecule has 0 aliphatic carbocycles. The van der Waals surface area contributed by atoms with Crippen molar-refractivity contribution in [2.24, 2.45) is 0 Å². The Labute approximate surface area is 167 Å². The van der Waals surface area contributed by atoms with Gasteiger partial charge >= 0.3 is 6.09 Å². The number of amides is 2. The number of halogens is 1. The fourth-order valence-electron chi connectivity index (χ4n) is 3.48. The molecule has 4 rings (SSSR count). The van der Waals surface area contributed by atoms with Gasteiger partial charge in [-0.15, -0.1) is 0 Å². The molecule has 0 bridgehead atoms. The third-order valence-corrected chi connectivity index (χ3v) is 7.04. The lowest BCUT2D eigenvalue weighted by Crippen LogP contribution is -2.42. The Bertz CT molecular complexity index is 1020. The summed E-state index contributed by atoms with van der Waals surface area (Å²) in [6, 6.07) is 13.3. The average Bonchev–Trinajstić information content (AvgIpc) is 3.29. The molecule has 28 heavy (non-hydrogen) atoms. The van der Waals surface area contributed by atoms with Crippen LogP contribution in [0.25, 0.3) is 11.1 Å². The molecule has 2 aliphatic rings. The topological polar surface area (TPSA) is 84.0 Å². The lowest BCUT2D eigenvalue weighted by Gasteiger charge is -2.20. The van der Waals surface area contributed by atoms with Crippen LogP contribution in [0.3, 0.4) is 0 Å². The van der Waals surface area contributed by atoms with E-state index < -0.39 is 28.1 Å². The fourth-order valence-corrected chi connectivity index (χ4v) is 5.15. The van der Waals surface area contributed by atoms with Gasteiger partial charge in [-0.1, -0.05) is 35.9 Å². The van der Waals surface area contributed by atoms with Gasteiger partial charge in [-0.25, -0.2) is 18.1 Å². The number of sulfonamides is 1. The molecule has 2 saturated heterocycles. The maximum atomic E-state index is 13.1. The first kappa shape index (κ1) is 18.9. The molecule has 0 aromatic heterocycles. The average molecular weight is 421 g/mol. The van der Waals surface area contributed by atoms with E-state index in [2.05, 4.69) is 0 Å². The Morgan fingerprint density at radius 1 is 1.04 bits per heavy atom. The minimum absolute atomic E-state index is 0.0638. The van der Waals surface area contributed by atoms with E-state index in [-0.39, 0.29) is 24.6 Å². The Hall–Kier alpha value is -2.42. The van der Waals surface area contributed by atoms with Crippen LogP contribution in [0.5, 0.6) is 0 Å². The van der Waals surface area contributed by atoms with E-state index in [4.69, 9.17) is 16.3 Å². The van der Waals surface area contributed by atoms with Crippen LogP contribution in [0.2, 0.25) is 5.02 Å². The summed E-state index contributed by atoms with van der Waals surface area (Å²) >= 11 is 5.91. The second kappa shape index (κ2) is 7.20. The summed E-state index contributed by atoms with van der Waals surface area (Å²) in [7, 11) is -3.76. The summed E-state index contributed by atoms with van der Waals surface area (Å²) < 4.78 is 32.2. The van der Waals surface area contributed by atoms with Gasteiger partial charge in [0.1, 0.15) is 0 Å². The monoisotopic (exact) mass is 420 g/mol. The largest absolute Gasteiger partial charge is 0.439 e. The molecular formula is C19H17ClN2O5S. The van der Waals surface area contributed by atoms with Crippen LogP contribution in [0.15, 0.2) is 53.4 Å². The summed E-state index contributed by atoms with van der Waals surface area (Å²) in [4.78, 5) is 24.7. The number of imide groups is 1. The number of benzene rings is 2. The molecule has 0 saturated carbocycles. The predicted molar refractivity (Wildman–Crippen MR) is 102 cm³/mol. The van der Waals surface area contributed by atoms with E-state index in [0.29, 0.717) is 11.4 Å². The molecule has 1 atom stereocenters. The third-order valence-electron chi connectivity index (χ3n) is 4.93. The molecule has 2 heterocycles. The van der Waals surface area contributed by atoms with Crippen molar-refractivity contribution in [3.63, 3.8) is 0 Å². The molecule has 2 amide bonds. The molecular weight excluding hydrogens is 404 g/mol. The first-order valence-electron chi connectivity index (χ1n) is 8.71. The number of rotatable bonds is 4. The van der Waals surface area contributed by atoms with Crippen molar-refractivity contribution in [3.8, 4) is 11.1 Å². The highest BCUT2D eigenvalue weighted by Crippen LogP contribution is 2.29. The van der Waals surface area contributed by atoms with Gasteiger partial charge in [-0.2, -0.15) is 4.31 Å². The summed E-state index contributed by atoms with van der Waals surface area (Å²) in [6.07, 6.45) is -0.323. The highest BCUT2D eigenvalue weighted by Gasteiger charge is 2.43. The van der Waals surface area contributed by atoms with Crippen LogP contribution >= 0.6 is 11.6 Å². The number of ether oxygens (including phenoxy) is 1. The highest BCUT2D eigenvalue weighted by molar-refractivity contribution is 7.89. The lowest BCUT2D eigenvalue weighted by molar-refractivity contribution is -0.127. The standard InChI is InChI=1S/C19H17ClN2O5S/c20-15-6-4-13(5-7-15)14-2-1-3-17(10-14)28(25,26)21-9-8-16(11-21)22-18(23)12-27-19(22)24/h1-7,10,16H,8-9,11-12H2. The minimum atomic E-state index is -3.76. The van der Waals surface area contributed by atoms with Crippen LogP contribution in [-0.2, 0) is 19.6 Å². The normalized spacial score (nSPS) is 20.6. The van der Waals surface area contributed by atoms with Crippen molar-refractivity contribution in [3.05, 3.63) is 53.6 Å². The van der Waals surface area contributed by atoms with Crippen molar-refractivity contribution in [2.75, 3.05) is 19.7 Å². The highest BCUT2D eigenvalue weighted by atomic mass is 35.5. The van der Waals surface area contributed by atoms with Gasteiger partial charge in [0.25, 0.3) is 5.91 Å². The third kappa shape index (κ3) is 3.39. The van der Waals surface area contributed by atoms with Crippen LogP contribution in [0.4, 0.5) is 4.79 Å². The molecule has 7 nitrogen and oxygen atoms in total. The van der Waals surface area contributed by atoms with E-state index in [1.165, 1.54) is 10.4 Å². The van der Waals surface area contributed by atoms with Gasteiger partial charge in [0.15, 0.2) is 6.61 Å². The van der Waals surface area contributed by atoms with E-state index in [1.54, 1.807) is 24.3 Å². The number of hydrogen-bond donors (Lipinski definition) is 0. The Balaban J connectivity index is 1.57. The molecule has 2 aromatic rings. The second-order valence-electron chi connectivity index (χ2n) is 6.66. The maximum Gasteiger partial charge on any atom is 0.417 e. The zero-order valence-corrected chi connectivity index (χ0v) is 16.3. The minimum Gasteiger partial charge on any atom is -0.439 e. The quantitative estimate of drug-likeness (QED) is 0.759. The van der Waals surface area contributed by atoms with Crippen molar-refractivity contribution >= 4 is 33.6 Å². The molecule has 0 N–H and O–H groups in total. The van der Waals surface area contributed by atoms with Gasteiger partial charge in [0.2, 0.25) is 10.0 Å². The van der Waals surface area contributed by atoms with Crippen molar-refractivity contribution in [2.45, 2.75) is 17.4 Å². The van der Waals surface area contributed by atoms with E-state index in [0.717, 1.165) is 16.0 Å². The first-order valence-corrected chi connectivity index (χ1v) is 10.5. The first-order chi connectivity index (χ1) is 13.4. The molecule has 0 radical (unpaired) electrons. The molecule has 2 aromatic carbocycles. The molecule has 9 heteroatoms. The van der Waals surface area contributed by atoms with E-state index >= 15 is 0 Å². The van der Waals surface area contributed by atoms with Gasteiger partial charge in [0, 0.05) is 18.1 Å². The lowest BCUT2D eigenvalue weighted by atomic mass is 10.1. The zero-order valence-electron chi connectivity index (χ0n) is 14.7. The fraction of sp³-hybridized carbons (Fsp3) is 0.263. The van der Waals surface area contributed by atoms with Crippen LogP contribution in [0.1, 0.15) is 6.42 Å². The Morgan fingerprint density at radius 2 is 1.79 bits per heavy atom. The summed E-state index contributed by atoms with van der Waals surface area (Å²) in [5, 5.41) is 0.602. The Morgan fingerprint density at radius 3 is 2.46 bits per heavy atom. The number of carbonyl (C=O) groups is 2. The smallest absolute Gasteiger partial charge is 0.417 e. The number of carbonyl (C=O) groups excluding carboxylic acids is 2.